The van der Waals surface area contributed by atoms with E-state index >= 15 is 0 Å². The van der Waals surface area contributed by atoms with E-state index < -0.39 is 110 Å². The second-order valence-corrected chi connectivity index (χ2v) is 10.0. The summed E-state index contributed by atoms with van der Waals surface area (Å²) in [5, 5.41) is 0. The summed E-state index contributed by atoms with van der Waals surface area (Å²) in [4.78, 5) is 84.0. The van der Waals surface area contributed by atoms with Crippen LogP contribution in [0.1, 0.15) is 48.5 Å². The number of ether oxygens (including phenoxy) is 10. The third-order valence-electron chi connectivity index (χ3n) is 5.89. The van der Waals surface area contributed by atoms with Gasteiger partial charge >= 0.3 is 41.8 Å². The van der Waals surface area contributed by atoms with E-state index in [-0.39, 0.29) is 5.75 Å². The zero-order valence-corrected chi connectivity index (χ0v) is 26.0. The lowest BCUT2D eigenvalue weighted by Crippen LogP contribution is -2.66. The number of rotatable bonds is 11. The van der Waals surface area contributed by atoms with Crippen LogP contribution < -0.4 is 0 Å². The molecular formula is C26H36O17S. The molecule has 0 aromatic heterocycles. The minimum Gasteiger partial charge on any atom is -0.463 e. The van der Waals surface area contributed by atoms with Gasteiger partial charge in [0.15, 0.2) is 36.6 Å². The van der Waals surface area contributed by atoms with Crippen molar-refractivity contribution in [2.45, 2.75) is 110 Å². The third kappa shape index (κ3) is 10.6. The van der Waals surface area contributed by atoms with E-state index in [2.05, 4.69) is 12.6 Å². The first-order chi connectivity index (χ1) is 20.5. The van der Waals surface area contributed by atoms with Gasteiger partial charge in [0.05, 0.1) is 0 Å². The first-order valence-electron chi connectivity index (χ1n) is 13.3. The summed E-state index contributed by atoms with van der Waals surface area (Å²) in [6, 6.07) is 0. The summed E-state index contributed by atoms with van der Waals surface area (Å²) in [5.41, 5.74) is 0. The molecule has 248 valence electrons. The molecule has 0 bridgehead atoms. The average Bonchev–Trinajstić information content (AvgIpc) is 2.87. The molecule has 0 aromatic rings. The predicted octanol–water partition coefficient (Wildman–Crippen LogP) is -0.464. The Labute approximate surface area is 257 Å². The van der Waals surface area contributed by atoms with Crippen LogP contribution in [0.15, 0.2) is 0 Å². The van der Waals surface area contributed by atoms with Crippen LogP contribution in [-0.4, -0.2) is 116 Å². The number of esters is 7. The molecule has 2 rings (SSSR count). The smallest absolute Gasteiger partial charge is 0.303 e. The molecular weight excluding hydrogens is 616 g/mol. The van der Waals surface area contributed by atoms with Crippen LogP contribution in [0.5, 0.6) is 0 Å². The molecule has 18 heteroatoms. The SMILES string of the molecule is CC(=O)OC[C@H]1O[C@H](O[C@H]2O[C@H](CS)[C@@H](OC(C)=O)[C@H](OC(C)=O)[C@H]2OC(C)=O)[C@H](OC(C)=O)[C@@H](OC(C)=O)[C@@H]1OC(C)=O. The van der Waals surface area contributed by atoms with Crippen molar-refractivity contribution in [3.63, 3.8) is 0 Å². The second kappa shape index (κ2) is 16.6. The highest BCUT2D eigenvalue weighted by Crippen LogP contribution is 2.35. The molecule has 44 heavy (non-hydrogen) atoms. The molecule has 17 nitrogen and oxygen atoms in total. The van der Waals surface area contributed by atoms with Gasteiger partial charge in [0.25, 0.3) is 0 Å². The molecule has 2 fully saturated rings. The molecule has 0 amide bonds. The standard InChI is InChI=1S/C26H36O17S/c1-10(27)34-8-17-19(35-11(2)28)21(37-13(4)30)23(39-15(6)32)25(41-17)43-26-24(40-16(7)33)22(38-14(5)31)20(36-12(3)29)18(9-44)42-26/h17-26,44H,8-9H2,1-7H3/t17-,18-,19-,20-,21+,22+,23-,24-,25-,26-/m1/s1. The summed E-state index contributed by atoms with van der Waals surface area (Å²) >= 11 is 4.23. The Morgan fingerprint density at radius 2 is 0.795 bits per heavy atom. The summed E-state index contributed by atoms with van der Waals surface area (Å²) in [6.07, 6.45) is -15.0. The molecule has 0 aliphatic carbocycles. The average molecular weight is 653 g/mol. The molecule has 2 saturated heterocycles. The van der Waals surface area contributed by atoms with Gasteiger partial charge in [-0.25, -0.2) is 0 Å². The van der Waals surface area contributed by atoms with Gasteiger partial charge in [0.1, 0.15) is 18.8 Å². The van der Waals surface area contributed by atoms with Crippen molar-refractivity contribution in [1.29, 1.82) is 0 Å². The summed E-state index contributed by atoms with van der Waals surface area (Å²) < 4.78 is 55.1. The summed E-state index contributed by atoms with van der Waals surface area (Å²) in [7, 11) is 0. The second-order valence-electron chi connectivity index (χ2n) is 9.65. The van der Waals surface area contributed by atoms with Crippen LogP contribution >= 0.6 is 12.6 Å². The Balaban J connectivity index is 2.63. The number of carbonyl (C=O) groups excluding carboxylic acids is 7. The normalized spacial score (nSPS) is 31.5. The lowest BCUT2D eigenvalue weighted by Gasteiger charge is -2.48. The molecule has 0 N–H and O–H groups in total. The topological polar surface area (TPSA) is 212 Å². The third-order valence-corrected chi connectivity index (χ3v) is 6.25. The van der Waals surface area contributed by atoms with Crippen LogP contribution in [0, 0.1) is 0 Å². The van der Waals surface area contributed by atoms with Crippen molar-refractivity contribution < 1.29 is 80.9 Å². The maximum Gasteiger partial charge on any atom is 0.303 e. The highest BCUT2D eigenvalue weighted by molar-refractivity contribution is 7.80. The molecule has 2 aliphatic rings. The van der Waals surface area contributed by atoms with Gasteiger partial charge in [0, 0.05) is 54.2 Å². The minimum atomic E-state index is -1.75. The van der Waals surface area contributed by atoms with Gasteiger partial charge in [-0.3, -0.25) is 33.6 Å². The lowest BCUT2D eigenvalue weighted by molar-refractivity contribution is -0.374. The largest absolute Gasteiger partial charge is 0.463 e. The number of carbonyl (C=O) groups is 7. The fraction of sp³-hybridized carbons (Fsp3) is 0.731. The molecule has 0 radical (unpaired) electrons. The Morgan fingerprint density at radius 1 is 0.477 bits per heavy atom. The van der Waals surface area contributed by atoms with Crippen LogP contribution in [0.3, 0.4) is 0 Å². The van der Waals surface area contributed by atoms with Gasteiger partial charge in [-0.1, -0.05) is 0 Å². The van der Waals surface area contributed by atoms with Crippen molar-refractivity contribution in [3.8, 4) is 0 Å². The van der Waals surface area contributed by atoms with Crippen molar-refractivity contribution in [2.75, 3.05) is 12.4 Å². The van der Waals surface area contributed by atoms with E-state index in [4.69, 9.17) is 47.4 Å². The van der Waals surface area contributed by atoms with Gasteiger partial charge in [-0.2, -0.15) is 12.6 Å². The van der Waals surface area contributed by atoms with Crippen LogP contribution in [-0.2, 0) is 80.9 Å². The van der Waals surface area contributed by atoms with Crippen molar-refractivity contribution in [2.24, 2.45) is 0 Å². The van der Waals surface area contributed by atoms with Crippen LogP contribution in [0.2, 0.25) is 0 Å². The van der Waals surface area contributed by atoms with E-state index in [1.54, 1.807) is 0 Å². The predicted molar refractivity (Wildman–Crippen MR) is 142 cm³/mol. The molecule has 0 saturated carbocycles. The van der Waals surface area contributed by atoms with Crippen LogP contribution in [0.25, 0.3) is 0 Å². The molecule has 10 atom stereocenters. The Bertz CT molecular complexity index is 1090. The molecule has 0 spiro atoms. The number of hydrogen-bond donors (Lipinski definition) is 1. The van der Waals surface area contributed by atoms with Gasteiger partial charge in [-0.05, 0) is 0 Å². The first-order valence-corrected chi connectivity index (χ1v) is 13.9. The maximum absolute atomic E-state index is 12.2. The highest BCUT2D eigenvalue weighted by Gasteiger charge is 2.57. The van der Waals surface area contributed by atoms with Crippen molar-refractivity contribution in [1.82, 2.24) is 0 Å². The Hall–Kier alpha value is -3.48. The molecule has 2 heterocycles. The lowest BCUT2D eigenvalue weighted by atomic mass is 9.97. The summed E-state index contributed by atoms with van der Waals surface area (Å²) in [5.74, 6) is -5.96. The van der Waals surface area contributed by atoms with E-state index in [0.717, 1.165) is 48.5 Å². The van der Waals surface area contributed by atoms with E-state index in [1.807, 2.05) is 0 Å². The Kier molecular flexibility index (Phi) is 13.8. The molecule has 0 aromatic carbocycles. The van der Waals surface area contributed by atoms with E-state index in [9.17, 15) is 33.6 Å². The van der Waals surface area contributed by atoms with E-state index in [0.29, 0.717) is 0 Å². The number of thiol groups is 1. The fourth-order valence-electron chi connectivity index (χ4n) is 4.54. The molecule has 0 unspecified atom stereocenters. The maximum atomic E-state index is 12.2. The number of hydrogen-bond acceptors (Lipinski definition) is 18. The van der Waals surface area contributed by atoms with Gasteiger partial charge < -0.3 is 47.4 Å². The minimum absolute atomic E-state index is 0.124. The zero-order chi connectivity index (χ0) is 33.3. The highest BCUT2D eigenvalue weighted by atomic mass is 32.1. The zero-order valence-electron chi connectivity index (χ0n) is 25.1. The van der Waals surface area contributed by atoms with Gasteiger partial charge in [0.2, 0.25) is 12.6 Å². The Morgan fingerprint density at radius 3 is 1.14 bits per heavy atom. The molecule has 2 aliphatic heterocycles. The van der Waals surface area contributed by atoms with Crippen LogP contribution in [0.4, 0.5) is 0 Å². The van der Waals surface area contributed by atoms with E-state index in [1.165, 1.54) is 0 Å². The monoisotopic (exact) mass is 652 g/mol. The van der Waals surface area contributed by atoms with Crippen molar-refractivity contribution in [3.05, 3.63) is 0 Å². The fourth-order valence-corrected chi connectivity index (χ4v) is 4.84. The van der Waals surface area contributed by atoms with Gasteiger partial charge in [-0.15, -0.1) is 0 Å². The van der Waals surface area contributed by atoms with Crippen molar-refractivity contribution >= 4 is 54.4 Å². The first kappa shape index (κ1) is 36.7. The summed E-state index contributed by atoms with van der Waals surface area (Å²) in [6.45, 7) is 6.90. The quantitative estimate of drug-likeness (QED) is 0.170.